The maximum atomic E-state index is 13.1. The van der Waals surface area contributed by atoms with Crippen molar-refractivity contribution >= 4 is 29.7 Å². The lowest BCUT2D eigenvalue weighted by Crippen LogP contribution is -2.59. The Morgan fingerprint density at radius 1 is 1.06 bits per heavy atom. The first-order valence-corrected chi connectivity index (χ1v) is 10.7. The third kappa shape index (κ3) is 9.15. The summed E-state index contributed by atoms with van der Waals surface area (Å²) in [6.07, 6.45) is 2.75. The van der Waals surface area contributed by atoms with Crippen LogP contribution in [0.2, 0.25) is 0 Å². The summed E-state index contributed by atoms with van der Waals surface area (Å²) >= 11 is 0. The van der Waals surface area contributed by atoms with E-state index in [4.69, 9.17) is 15.9 Å². The summed E-state index contributed by atoms with van der Waals surface area (Å²) in [5.41, 5.74) is 6.23. The maximum Gasteiger partial charge on any atom is 0.328 e. The van der Waals surface area contributed by atoms with Crippen LogP contribution in [0.15, 0.2) is 12.5 Å². The number of carbonyl (C=O) groups excluding carboxylic acids is 3. The van der Waals surface area contributed by atoms with Gasteiger partial charge in [0.2, 0.25) is 17.7 Å². The Morgan fingerprint density at radius 2 is 1.71 bits per heavy atom. The number of aliphatic hydroxyl groups is 1. The molecule has 0 bridgehead atoms. The molecule has 3 amide bonds. The quantitative estimate of drug-likeness (QED) is 0.133. The second-order valence-corrected chi connectivity index (χ2v) is 7.83. The smallest absolute Gasteiger partial charge is 0.328 e. The molecule has 1 aromatic heterocycles. The van der Waals surface area contributed by atoms with Crippen molar-refractivity contribution in [3.05, 3.63) is 18.2 Å². The molecule has 0 aliphatic carbocycles. The highest BCUT2D eigenvalue weighted by atomic mass is 16.4. The number of rotatable bonds is 15. The molecule has 9 N–H and O–H groups in total. The van der Waals surface area contributed by atoms with E-state index >= 15 is 0 Å². The number of hydrogen-bond donors (Lipinski definition) is 8. The predicted molar refractivity (Wildman–Crippen MR) is 117 cm³/mol. The van der Waals surface area contributed by atoms with E-state index in [9.17, 15) is 29.1 Å². The molecule has 5 unspecified atom stereocenters. The Bertz CT molecular complexity index is 846. The van der Waals surface area contributed by atoms with Gasteiger partial charge in [-0.2, -0.15) is 0 Å². The van der Waals surface area contributed by atoms with E-state index in [0.717, 1.165) is 0 Å². The second kappa shape index (κ2) is 13.9. The zero-order valence-electron chi connectivity index (χ0n) is 19.0. The van der Waals surface area contributed by atoms with Crippen LogP contribution in [0.3, 0.4) is 0 Å². The van der Waals surface area contributed by atoms with Crippen LogP contribution in [0.4, 0.5) is 0 Å². The molecule has 14 nitrogen and oxygen atoms in total. The normalized spacial score (nSPS) is 15.3. The van der Waals surface area contributed by atoms with Crippen LogP contribution in [-0.4, -0.2) is 85.7 Å². The number of carboxylic acid groups (broad SMARTS) is 2. The van der Waals surface area contributed by atoms with Gasteiger partial charge in [0.05, 0.1) is 19.0 Å². The van der Waals surface area contributed by atoms with Gasteiger partial charge in [0.25, 0.3) is 0 Å². The number of imidazole rings is 1. The molecule has 0 saturated carbocycles. The van der Waals surface area contributed by atoms with Crippen LogP contribution in [0, 0.1) is 5.92 Å². The summed E-state index contributed by atoms with van der Waals surface area (Å²) in [6.45, 7) is 2.60. The van der Waals surface area contributed by atoms with Crippen LogP contribution in [-0.2, 0) is 30.4 Å². The van der Waals surface area contributed by atoms with E-state index in [-0.39, 0.29) is 19.3 Å². The highest BCUT2D eigenvalue weighted by Crippen LogP contribution is 2.10. The number of H-pyrrole nitrogens is 1. The van der Waals surface area contributed by atoms with Gasteiger partial charge < -0.3 is 42.0 Å². The number of carboxylic acids is 2. The highest BCUT2D eigenvalue weighted by Gasteiger charge is 2.33. The lowest BCUT2D eigenvalue weighted by molar-refractivity contribution is -0.143. The Hall–Kier alpha value is -3.52. The zero-order valence-corrected chi connectivity index (χ0v) is 19.0. The van der Waals surface area contributed by atoms with Gasteiger partial charge in [-0.25, -0.2) is 9.78 Å². The number of aromatic nitrogens is 2. The fourth-order valence-corrected chi connectivity index (χ4v) is 2.92. The molecule has 0 aliphatic heterocycles. The first-order valence-electron chi connectivity index (χ1n) is 10.7. The van der Waals surface area contributed by atoms with E-state index in [1.807, 2.05) is 0 Å². The van der Waals surface area contributed by atoms with Crippen molar-refractivity contribution in [2.24, 2.45) is 11.7 Å². The van der Waals surface area contributed by atoms with E-state index in [2.05, 4.69) is 25.9 Å². The molecule has 5 atom stereocenters. The molecule has 0 spiro atoms. The molecular weight excluding hydrogens is 452 g/mol. The summed E-state index contributed by atoms with van der Waals surface area (Å²) in [7, 11) is 0. The summed E-state index contributed by atoms with van der Waals surface area (Å²) in [5, 5.41) is 34.2. The minimum absolute atomic E-state index is 0.0353. The first kappa shape index (κ1) is 28.5. The number of carbonyl (C=O) groups is 5. The highest BCUT2D eigenvalue weighted by molar-refractivity contribution is 5.94. The van der Waals surface area contributed by atoms with Crippen molar-refractivity contribution in [3.63, 3.8) is 0 Å². The van der Waals surface area contributed by atoms with E-state index in [1.54, 1.807) is 13.8 Å². The molecule has 0 saturated heterocycles. The van der Waals surface area contributed by atoms with Gasteiger partial charge >= 0.3 is 11.9 Å². The SMILES string of the molecule is CCC(C)C(NC(=O)C(Cc1cnc[nH]1)NC(=O)C(N)CCC(=O)O)C(=O)NC(CO)C(=O)O. The molecule has 190 valence electrons. The lowest BCUT2D eigenvalue weighted by Gasteiger charge is -2.27. The Labute approximate surface area is 195 Å². The van der Waals surface area contributed by atoms with Gasteiger partial charge in [-0.15, -0.1) is 0 Å². The number of aliphatic hydroxyl groups excluding tert-OH is 1. The minimum Gasteiger partial charge on any atom is -0.481 e. The number of aromatic amines is 1. The van der Waals surface area contributed by atoms with Crippen molar-refractivity contribution in [3.8, 4) is 0 Å². The lowest BCUT2D eigenvalue weighted by atomic mass is 9.97. The average Bonchev–Trinajstić information content (AvgIpc) is 3.30. The van der Waals surface area contributed by atoms with Gasteiger partial charge in [0.15, 0.2) is 0 Å². The number of nitrogens with two attached hydrogens (primary N) is 1. The summed E-state index contributed by atoms with van der Waals surface area (Å²) < 4.78 is 0. The standard InChI is InChI=1S/C20H32N6O8/c1-3-10(2)16(19(32)25-14(8-27)20(33)34)26-18(31)13(6-11-7-22-9-23-11)24-17(30)12(21)4-5-15(28)29/h7,9-10,12-14,16,27H,3-6,8,21H2,1-2H3,(H,22,23)(H,24,30)(H,25,32)(H,26,31)(H,28,29)(H,33,34). The molecule has 14 heteroatoms. The molecule has 0 aliphatic rings. The molecule has 0 aromatic carbocycles. The molecule has 0 fully saturated rings. The number of nitrogens with zero attached hydrogens (tertiary/aromatic N) is 1. The molecule has 1 heterocycles. The Balaban J connectivity index is 3.03. The number of aliphatic carboxylic acids is 2. The molecule has 1 aromatic rings. The monoisotopic (exact) mass is 484 g/mol. The number of amides is 3. The summed E-state index contributed by atoms with van der Waals surface area (Å²) in [4.78, 5) is 66.8. The van der Waals surface area contributed by atoms with Crippen LogP contribution < -0.4 is 21.7 Å². The van der Waals surface area contributed by atoms with E-state index < -0.39 is 66.4 Å². The minimum atomic E-state index is -1.55. The second-order valence-electron chi connectivity index (χ2n) is 7.83. The number of hydrogen-bond acceptors (Lipinski definition) is 8. The van der Waals surface area contributed by atoms with Crippen molar-refractivity contribution in [2.75, 3.05) is 6.61 Å². The van der Waals surface area contributed by atoms with Gasteiger partial charge in [0, 0.05) is 24.7 Å². The number of nitrogens with one attached hydrogen (secondary N) is 4. The molecular formula is C20H32N6O8. The largest absolute Gasteiger partial charge is 0.481 e. The van der Waals surface area contributed by atoms with Crippen LogP contribution in [0.25, 0.3) is 0 Å². The van der Waals surface area contributed by atoms with Gasteiger partial charge in [-0.05, 0) is 12.3 Å². The third-order valence-electron chi connectivity index (χ3n) is 5.21. The average molecular weight is 485 g/mol. The van der Waals surface area contributed by atoms with Gasteiger partial charge in [-0.1, -0.05) is 20.3 Å². The van der Waals surface area contributed by atoms with Crippen LogP contribution in [0.1, 0.15) is 38.8 Å². The van der Waals surface area contributed by atoms with E-state index in [0.29, 0.717) is 12.1 Å². The van der Waals surface area contributed by atoms with E-state index in [1.165, 1.54) is 12.5 Å². The summed E-state index contributed by atoms with van der Waals surface area (Å²) in [5.74, 6) is -5.29. The van der Waals surface area contributed by atoms with Crippen molar-refractivity contribution in [2.45, 2.75) is 63.7 Å². The van der Waals surface area contributed by atoms with Crippen molar-refractivity contribution in [1.29, 1.82) is 0 Å². The summed E-state index contributed by atoms with van der Waals surface area (Å²) in [6, 6.07) is -5.09. The molecule has 0 radical (unpaired) electrons. The van der Waals surface area contributed by atoms with Gasteiger partial charge in [0.1, 0.15) is 18.1 Å². The van der Waals surface area contributed by atoms with Crippen molar-refractivity contribution in [1.82, 2.24) is 25.9 Å². The topological polar surface area (TPSA) is 237 Å². The van der Waals surface area contributed by atoms with Gasteiger partial charge in [-0.3, -0.25) is 19.2 Å². The third-order valence-corrected chi connectivity index (χ3v) is 5.21. The Morgan fingerprint density at radius 3 is 2.21 bits per heavy atom. The van der Waals surface area contributed by atoms with Crippen LogP contribution in [0.5, 0.6) is 0 Å². The first-order chi connectivity index (χ1) is 16.0. The molecule has 1 rings (SSSR count). The fourth-order valence-electron chi connectivity index (χ4n) is 2.92. The maximum absolute atomic E-state index is 13.1. The zero-order chi connectivity index (χ0) is 25.8. The van der Waals surface area contributed by atoms with Crippen molar-refractivity contribution < 1.29 is 39.3 Å². The Kier molecular flexibility index (Phi) is 11.7. The fraction of sp³-hybridized carbons (Fsp3) is 0.600. The molecule has 34 heavy (non-hydrogen) atoms. The predicted octanol–water partition coefficient (Wildman–Crippen LogP) is -2.28. The van der Waals surface area contributed by atoms with Crippen LogP contribution >= 0.6 is 0 Å².